The van der Waals surface area contributed by atoms with Crippen LogP contribution in [-0.2, 0) is 0 Å². The first-order valence-electron chi connectivity index (χ1n) is 6.82. The number of carbonyl (C=O) groups excluding carboxylic acids is 1. The molecule has 1 amide bonds. The van der Waals surface area contributed by atoms with Gasteiger partial charge in [-0.2, -0.15) is 5.26 Å². The van der Waals surface area contributed by atoms with Gasteiger partial charge in [0.1, 0.15) is 17.5 Å². The molecule has 1 N–H and O–H groups in total. The maximum atomic E-state index is 12.1. The lowest BCUT2D eigenvalue weighted by molar-refractivity contribution is 0.0783. The van der Waals surface area contributed by atoms with Crippen LogP contribution in [0.4, 0.5) is 0 Å². The molecule has 22 heavy (non-hydrogen) atoms. The van der Waals surface area contributed by atoms with Gasteiger partial charge in [-0.05, 0) is 36.8 Å². The van der Waals surface area contributed by atoms with Crippen molar-refractivity contribution in [3.63, 3.8) is 0 Å². The molecular weight excluding hydrogens is 302 g/mol. The number of H-pyrrole nitrogens is 1. The monoisotopic (exact) mass is 317 g/mol. The van der Waals surface area contributed by atoms with Crippen molar-refractivity contribution in [2.24, 2.45) is 0 Å². The fraction of sp³-hybridized carbons (Fsp3) is 0.250. The predicted molar refractivity (Wildman–Crippen MR) is 84.0 cm³/mol. The number of carbonyl (C=O) groups is 1. The van der Waals surface area contributed by atoms with Crippen LogP contribution in [0.25, 0.3) is 0 Å². The minimum absolute atomic E-state index is 0.145. The topological polar surface area (TPSA) is 69.1 Å². The fourth-order valence-corrected chi connectivity index (χ4v) is 2.04. The number of nitrogens with one attached hydrogen (secondary N) is 1. The number of aromatic nitrogens is 1. The normalized spacial score (nSPS) is 10.0. The van der Waals surface area contributed by atoms with Gasteiger partial charge in [-0.3, -0.25) is 4.79 Å². The first-order valence-corrected chi connectivity index (χ1v) is 7.20. The summed E-state index contributed by atoms with van der Waals surface area (Å²) >= 11 is 5.80. The molecule has 2 rings (SSSR count). The standard InChI is InChI=1S/C16H16ClN3O2/c1-20(16(21)15-9-12(10-18)11-19-15)7-2-8-22-14-5-3-13(17)4-6-14/h3-6,9,11,19H,2,7-8H2,1H3. The van der Waals surface area contributed by atoms with Crippen LogP contribution in [0, 0.1) is 11.3 Å². The van der Waals surface area contributed by atoms with Crippen LogP contribution in [0.15, 0.2) is 36.5 Å². The Labute approximate surface area is 134 Å². The maximum absolute atomic E-state index is 12.1. The van der Waals surface area contributed by atoms with Crippen molar-refractivity contribution in [1.29, 1.82) is 5.26 Å². The molecule has 0 aliphatic carbocycles. The SMILES string of the molecule is CN(CCCOc1ccc(Cl)cc1)C(=O)c1cc(C#N)c[nH]1. The largest absolute Gasteiger partial charge is 0.494 e. The van der Waals surface area contributed by atoms with E-state index in [1.165, 1.54) is 6.20 Å². The molecular formula is C16H16ClN3O2. The Hall–Kier alpha value is -2.45. The lowest BCUT2D eigenvalue weighted by Gasteiger charge is -2.16. The number of halogens is 1. The number of hydrogen-bond acceptors (Lipinski definition) is 3. The summed E-state index contributed by atoms with van der Waals surface area (Å²) in [6, 6.07) is 10.7. The third-order valence-electron chi connectivity index (χ3n) is 3.11. The summed E-state index contributed by atoms with van der Waals surface area (Å²) in [4.78, 5) is 16.5. The van der Waals surface area contributed by atoms with Gasteiger partial charge in [0.25, 0.3) is 5.91 Å². The Morgan fingerprint density at radius 2 is 2.14 bits per heavy atom. The molecule has 0 unspecified atom stereocenters. The second kappa shape index (κ2) is 7.53. The van der Waals surface area contributed by atoms with Gasteiger partial charge < -0.3 is 14.6 Å². The van der Waals surface area contributed by atoms with Crippen molar-refractivity contribution in [3.05, 3.63) is 52.8 Å². The Morgan fingerprint density at radius 1 is 1.41 bits per heavy atom. The van der Waals surface area contributed by atoms with E-state index in [-0.39, 0.29) is 5.91 Å². The summed E-state index contributed by atoms with van der Waals surface area (Å²) < 4.78 is 5.57. The highest BCUT2D eigenvalue weighted by Crippen LogP contribution is 2.15. The summed E-state index contributed by atoms with van der Waals surface area (Å²) in [6.45, 7) is 1.07. The summed E-state index contributed by atoms with van der Waals surface area (Å²) in [6.07, 6.45) is 2.22. The lowest BCUT2D eigenvalue weighted by Crippen LogP contribution is -2.28. The zero-order valence-corrected chi connectivity index (χ0v) is 12.9. The number of aromatic amines is 1. The second-order valence-electron chi connectivity index (χ2n) is 4.80. The van der Waals surface area contributed by atoms with E-state index in [2.05, 4.69) is 4.98 Å². The van der Waals surface area contributed by atoms with Crippen LogP contribution in [0.5, 0.6) is 5.75 Å². The molecule has 2 aromatic rings. The van der Waals surface area contributed by atoms with Crippen LogP contribution >= 0.6 is 11.6 Å². The third kappa shape index (κ3) is 4.27. The first kappa shape index (κ1) is 15.9. The number of hydrogen-bond donors (Lipinski definition) is 1. The Balaban J connectivity index is 1.75. The number of rotatable bonds is 6. The molecule has 0 bridgehead atoms. The Bertz CT molecular complexity index is 673. The molecule has 6 heteroatoms. The van der Waals surface area contributed by atoms with E-state index in [4.69, 9.17) is 21.6 Å². The van der Waals surface area contributed by atoms with Crippen molar-refractivity contribution in [2.75, 3.05) is 20.2 Å². The van der Waals surface area contributed by atoms with Gasteiger partial charge in [-0.15, -0.1) is 0 Å². The van der Waals surface area contributed by atoms with Crippen LogP contribution < -0.4 is 4.74 Å². The van der Waals surface area contributed by atoms with Gasteiger partial charge in [0.2, 0.25) is 0 Å². The Kier molecular flexibility index (Phi) is 5.45. The van der Waals surface area contributed by atoms with E-state index in [0.29, 0.717) is 35.9 Å². The molecule has 0 saturated heterocycles. The zero-order chi connectivity index (χ0) is 15.9. The molecule has 0 radical (unpaired) electrons. The number of amides is 1. The highest BCUT2D eigenvalue weighted by Gasteiger charge is 2.13. The number of nitrogens with zero attached hydrogens (tertiary/aromatic N) is 2. The number of benzene rings is 1. The van der Waals surface area contributed by atoms with Gasteiger partial charge in [-0.1, -0.05) is 11.6 Å². The van der Waals surface area contributed by atoms with Crippen LogP contribution in [-0.4, -0.2) is 36.0 Å². The average Bonchev–Trinajstić information content (AvgIpc) is 3.01. The highest BCUT2D eigenvalue weighted by molar-refractivity contribution is 6.30. The second-order valence-corrected chi connectivity index (χ2v) is 5.23. The summed E-state index contributed by atoms with van der Waals surface area (Å²) in [7, 11) is 1.72. The quantitative estimate of drug-likeness (QED) is 0.832. The summed E-state index contributed by atoms with van der Waals surface area (Å²) in [5.41, 5.74) is 0.862. The maximum Gasteiger partial charge on any atom is 0.270 e. The van der Waals surface area contributed by atoms with Crippen molar-refractivity contribution in [2.45, 2.75) is 6.42 Å². The fourth-order valence-electron chi connectivity index (χ4n) is 1.91. The Morgan fingerprint density at radius 3 is 2.77 bits per heavy atom. The van der Waals surface area contributed by atoms with Crippen LogP contribution in [0.3, 0.4) is 0 Å². The van der Waals surface area contributed by atoms with E-state index in [9.17, 15) is 4.79 Å². The summed E-state index contributed by atoms with van der Waals surface area (Å²) in [5, 5.41) is 9.42. The molecule has 0 spiro atoms. The molecule has 1 aromatic carbocycles. The molecule has 1 heterocycles. The van der Waals surface area contributed by atoms with Crippen LogP contribution in [0.2, 0.25) is 5.02 Å². The molecule has 0 fully saturated rings. The van der Waals surface area contributed by atoms with E-state index < -0.39 is 0 Å². The van der Waals surface area contributed by atoms with Gasteiger partial charge in [-0.25, -0.2) is 0 Å². The van der Waals surface area contributed by atoms with Crippen molar-refractivity contribution >= 4 is 17.5 Å². The highest BCUT2D eigenvalue weighted by atomic mass is 35.5. The van der Waals surface area contributed by atoms with E-state index >= 15 is 0 Å². The molecule has 0 saturated carbocycles. The van der Waals surface area contributed by atoms with Crippen LogP contribution in [0.1, 0.15) is 22.5 Å². The molecule has 5 nitrogen and oxygen atoms in total. The van der Waals surface area contributed by atoms with Crippen molar-refractivity contribution < 1.29 is 9.53 Å². The number of nitriles is 1. The molecule has 0 aliphatic rings. The zero-order valence-electron chi connectivity index (χ0n) is 12.2. The molecule has 1 aromatic heterocycles. The van der Waals surface area contributed by atoms with Gasteiger partial charge >= 0.3 is 0 Å². The van der Waals surface area contributed by atoms with E-state index in [0.717, 1.165) is 5.75 Å². The van der Waals surface area contributed by atoms with E-state index in [1.807, 2.05) is 6.07 Å². The van der Waals surface area contributed by atoms with Gasteiger partial charge in [0.15, 0.2) is 0 Å². The number of ether oxygens (including phenoxy) is 1. The smallest absolute Gasteiger partial charge is 0.270 e. The minimum atomic E-state index is -0.145. The average molecular weight is 318 g/mol. The van der Waals surface area contributed by atoms with Crippen molar-refractivity contribution in [3.8, 4) is 11.8 Å². The minimum Gasteiger partial charge on any atom is -0.494 e. The molecule has 114 valence electrons. The predicted octanol–water partition coefficient (Wildman–Crippen LogP) is 3.08. The van der Waals surface area contributed by atoms with E-state index in [1.54, 1.807) is 42.3 Å². The first-order chi connectivity index (χ1) is 10.6. The molecule has 0 atom stereocenters. The van der Waals surface area contributed by atoms with Gasteiger partial charge in [0, 0.05) is 24.8 Å². The van der Waals surface area contributed by atoms with Crippen molar-refractivity contribution in [1.82, 2.24) is 9.88 Å². The lowest BCUT2D eigenvalue weighted by atomic mass is 10.3. The molecule has 0 aliphatic heterocycles. The summed E-state index contributed by atoms with van der Waals surface area (Å²) in [5.74, 6) is 0.606. The van der Waals surface area contributed by atoms with Gasteiger partial charge in [0.05, 0.1) is 12.2 Å². The third-order valence-corrected chi connectivity index (χ3v) is 3.36.